The maximum absolute atomic E-state index is 13.0. The van der Waals surface area contributed by atoms with Crippen molar-refractivity contribution in [3.63, 3.8) is 0 Å². The van der Waals surface area contributed by atoms with E-state index in [1.807, 2.05) is 6.07 Å². The summed E-state index contributed by atoms with van der Waals surface area (Å²) in [5, 5.41) is 8.84. The van der Waals surface area contributed by atoms with Gasteiger partial charge in [0.25, 0.3) is 0 Å². The maximum Gasteiger partial charge on any atom is 0.412 e. The number of rotatable bonds is 3. The summed E-state index contributed by atoms with van der Waals surface area (Å²) in [6.45, 7) is 0.0592. The number of alkyl halides is 3. The molecule has 0 saturated heterocycles. The SMILES string of the molecule is COc1ccc(CN2C=C(C#N)C=CC2C(F)(F)F)cc1. The van der Waals surface area contributed by atoms with Crippen LogP contribution in [0.4, 0.5) is 13.2 Å². The van der Waals surface area contributed by atoms with Crippen molar-refractivity contribution >= 4 is 0 Å². The molecular weight excluding hydrogens is 281 g/mol. The standard InChI is InChI=1S/C15H13F3N2O/c1-21-13-5-2-11(3-6-13)9-20-10-12(8-19)4-7-14(20)15(16,17)18/h2-7,10,14H,9H2,1H3. The van der Waals surface area contributed by atoms with E-state index in [2.05, 4.69) is 0 Å². The molecule has 1 aliphatic rings. The van der Waals surface area contributed by atoms with Crippen molar-refractivity contribution in [3.8, 4) is 11.8 Å². The second-order valence-corrected chi connectivity index (χ2v) is 4.56. The third-order valence-corrected chi connectivity index (χ3v) is 3.11. The highest BCUT2D eigenvalue weighted by Crippen LogP contribution is 2.30. The Morgan fingerprint density at radius 3 is 2.48 bits per heavy atom. The van der Waals surface area contributed by atoms with Crippen molar-refractivity contribution in [2.45, 2.75) is 18.8 Å². The minimum Gasteiger partial charge on any atom is -0.497 e. The molecule has 0 N–H and O–H groups in total. The van der Waals surface area contributed by atoms with Crippen LogP contribution in [0.25, 0.3) is 0 Å². The van der Waals surface area contributed by atoms with Crippen LogP contribution in [0.15, 0.2) is 48.2 Å². The summed E-state index contributed by atoms with van der Waals surface area (Å²) in [7, 11) is 1.52. The van der Waals surface area contributed by atoms with Gasteiger partial charge < -0.3 is 9.64 Å². The van der Waals surface area contributed by atoms with Crippen LogP contribution in [0, 0.1) is 11.3 Å². The predicted molar refractivity (Wildman–Crippen MR) is 71.2 cm³/mol. The largest absolute Gasteiger partial charge is 0.497 e. The number of ether oxygens (including phenoxy) is 1. The molecule has 2 rings (SSSR count). The van der Waals surface area contributed by atoms with Gasteiger partial charge in [0.2, 0.25) is 0 Å². The highest BCUT2D eigenvalue weighted by Gasteiger charge is 2.42. The van der Waals surface area contributed by atoms with Crippen LogP contribution in [0.2, 0.25) is 0 Å². The zero-order chi connectivity index (χ0) is 15.5. The van der Waals surface area contributed by atoms with Gasteiger partial charge in [0.05, 0.1) is 12.7 Å². The van der Waals surface area contributed by atoms with Gasteiger partial charge in [-0.2, -0.15) is 18.4 Å². The molecule has 1 aromatic carbocycles. The molecule has 0 fully saturated rings. The molecule has 0 saturated carbocycles. The molecule has 0 spiro atoms. The van der Waals surface area contributed by atoms with E-state index in [1.54, 1.807) is 24.3 Å². The van der Waals surface area contributed by atoms with Crippen molar-refractivity contribution in [3.05, 3.63) is 53.8 Å². The van der Waals surface area contributed by atoms with E-state index in [1.165, 1.54) is 19.4 Å². The van der Waals surface area contributed by atoms with E-state index < -0.39 is 12.2 Å². The van der Waals surface area contributed by atoms with Crippen molar-refractivity contribution < 1.29 is 17.9 Å². The number of benzene rings is 1. The van der Waals surface area contributed by atoms with Gasteiger partial charge in [-0.1, -0.05) is 18.2 Å². The number of nitriles is 1. The fraction of sp³-hybridized carbons (Fsp3) is 0.267. The first kappa shape index (κ1) is 15.0. The molecular formula is C15H13F3N2O. The zero-order valence-electron chi connectivity index (χ0n) is 11.3. The normalized spacial score (nSPS) is 18.1. The molecule has 1 aliphatic heterocycles. The van der Waals surface area contributed by atoms with Crippen LogP contribution in [0.3, 0.4) is 0 Å². The smallest absolute Gasteiger partial charge is 0.412 e. The van der Waals surface area contributed by atoms with E-state index in [-0.39, 0.29) is 12.1 Å². The fourth-order valence-electron chi connectivity index (χ4n) is 2.06. The fourth-order valence-corrected chi connectivity index (χ4v) is 2.06. The number of hydrogen-bond acceptors (Lipinski definition) is 3. The van der Waals surface area contributed by atoms with Gasteiger partial charge in [0.1, 0.15) is 17.9 Å². The lowest BCUT2D eigenvalue weighted by Crippen LogP contribution is -2.42. The minimum atomic E-state index is -4.39. The van der Waals surface area contributed by atoms with Crippen LogP contribution in [-0.4, -0.2) is 24.2 Å². The van der Waals surface area contributed by atoms with Crippen molar-refractivity contribution in [2.24, 2.45) is 0 Å². The molecule has 0 aliphatic carbocycles. The Bertz CT molecular complexity index is 597. The van der Waals surface area contributed by atoms with Crippen molar-refractivity contribution in [2.75, 3.05) is 7.11 Å². The molecule has 6 heteroatoms. The van der Waals surface area contributed by atoms with E-state index >= 15 is 0 Å². The summed E-state index contributed by atoms with van der Waals surface area (Å²) in [6.07, 6.45) is -0.951. The Morgan fingerprint density at radius 2 is 1.95 bits per heavy atom. The molecule has 21 heavy (non-hydrogen) atoms. The van der Waals surface area contributed by atoms with Gasteiger partial charge in [-0.25, -0.2) is 0 Å². The third-order valence-electron chi connectivity index (χ3n) is 3.11. The van der Waals surface area contributed by atoms with Gasteiger partial charge in [-0.15, -0.1) is 0 Å². The van der Waals surface area contributed by atoms with E-state index in [4.69, 9.17) is 10.00 Å². The zero-order valence-corrected chi connectivity index (χ0v) is 11.3. The lowest BCUT2D eigenvalue weighted by atomic mass is 10.1. The first-order chi connectivity index (χ1) is 9.94. The van der Waals surface area contributed by atoms with Gasteiger partial charge in [0.15, 0.2) is 0 Å². The Kier molecular flexibility index (Phi) is 4.22. The minimum absolute atomic E-state index is 0.0592. The van der Waals surface area contributed by atoms with Gasteiger partial charge in [0, 0.05) is 12.7 Å². The molecule has 1 atom stereocenters. The number of methoxy groups -OCH3 is 1. The topological polar surface area (TPSA) is 36.3 Å². The molecule has 0 amide bonds. The van der Waals surface area contributed by atoms with Gasteiger partial charge in [-0.05, 0) is 23.8 Å². The summed E-state index contributed by atoms with van der Waals surface area (Å²) in [5.74, 6) is 0.637. The number of hydrogen-bond donors (Lipinski definition) is 0. The maximum atomic E-state index is 13.0. The number of nitrogens with zero attached hydrogens (tertiary/aromatic N) is 2. The molecule has 0 radical (unpaired) electrons. The highest BCUT2D eigenvalue weighted by molar-refractivity contribution is 5.37. The van der Waals surface area contributed by atoms with Crippen LogP contribution in [0.5, 0.6) is 5.75 Å². The van der Waals surface area contributed by atoms with E-state index in [0.29, 0.717) is 11.3 Å². The second kappa shape index (κ2) is 5.92. The quantitative estimate of drug-likeness (QED) is 0.857. The van der Waals surface area contributed by atoms with Crippen molar-refractivity contribution in [1.82, 2.24) is 4.90 Å². The molecule has 0 bridgehead atoms. The summed E-state index contributed by atoms with van der Waals surface area (Å²) in [5.41, 5.74) is 0.901. The molecule has 0 aromatic heterocycles. The number of allylic oxidation sites excluding steroid dienone is 2. The van der Waals surface area contributed by atoms with E-state index in [0.717, 1.165) is 11.0 Å². The average Bonchev–Trinajstić information content (AvgIpc) is 2.46. The lowest BCUT2D eigenvalue weighted by Gasteiger charge is -2.32. The molecule has 1 unspecified atom stereocenters. The Balaban J connectivity index is 2.22. The van der Waals surface area contributed by atoms with Crippen LogP contribution >= 0.6 is 0 Å². The van der Waals surface area contributed by atoms with Crippen LogP contribution in [-0.2, 0) is 6.54 Å². The summed E-state index contributed by atoms with van der Waals surface area (Å²) < 4.78 is 44.1. The third kappa shape index (κ3) is 3.57. The average molecular weight is 294 g/mol. The highest BCUT2D eigenvalue weighted by atomic mass is 19.4. The Morgan fingerprint density at radius 1 is 1.29 bits per heavy atom. The van der Waals surface area contributed by atoms with Crippen LogP contribution < -0.4 is 4.74 Å². The predicted octanol–water partition coefficient (Wildman–Crippen LogP) is 3.41. The van der Waals surface area contributed by atoms with Crippen LogP contribution in [0.1, 0.15) is 5.56 Å². The van der Waals surface area contributed by atoms with Gasteiger partial charge >= 0.3 is 6.18 Å². The summed E-state index contributed by atoms with van der Waals surface area (Å²) in [6, 6.07) is 6.90. The monoisotopic (exact) mass is 294 g/mol. The van der Waals surface area contributed by atoms with E-state index in [9.17, 15) is 13.2 Å². The molecule has 3 nitrogen and oxygen atoms in total. The number of halogens is 3. The molecule has 110 valence electrons. The first-order valence-electron chi connectivity index (χ1n) is 6.19. The lowest BCUT2D eigenvalue weighted by molar-refractivity contribution is -0.165. The Labute approximate surface area is 120 Å². The summed E-state index contributed by atoms with van der Waals surface area (Å²) >= 11 is 0. The summed E-state index contributed by atoms with van der Waals surface area (Å²) in [4.78, 5) is 1.11. The first-order valence-corrected chi connectivity index (χ1v) is 6.19. The Hall–Kier alpha value is -2.42. The molecule has 1 heterocycles. The van der Waals surface area contributed by atoms with Crippen molar-refractivity contribution in [1.29, 1.82) is 5.26 Å². The van der Waals surface area contributed by atoms with Gasteiger partial charge in [-0.3, -0.25) is 0 Å². The second-order valence-electron chi connectivity index (χ2n) is 4.56. The molecule has 1 aromatic rings.